The van der Waals surface area contributed by atoms with Crippen molar-refractivity contribution in [1.29, 1.82) is 0 Å². The monoisotopic (exact) mass is 187 g/mol. The Morgan fingerprint density at radius 3 is 2.93 bits per heavy atom. The molecule has 1 atom stereocenters. The molecule has 0 aliphatic heterocycles. The zero-order chi connectivity index (χ0) is 9.97. The van der Waals surface area contributed by atoms with Gasteiger partial charge in [-0.2, -0.15) is 0 Å². The van der Waals surface area contributed by atoms with Crippen LogP contribution in [-0.2, 0) is 0 Å². The lowest BCUT2D eigenvalue weighted by atomic mass is 9.81. The van der Waals surface area contributed by atoms with Gasteiger partial charge in [-0.1, -0.05) is 6.42 Å². The van der Waals surface area contributed by atoms with Crippen molar-refractivity contribution in [2.45, 2.75) is 39.5 Å². The molecule has 1 saturated carbocycles. The third kappa shape index (κ3) is 1.95. The van der Waals surface area contributed by atoms with Crippen molar-refractivity contribution < 1.29 is 0 Å². The molecular formula is C14H19+. The molecule has 0 heteroatoms. The molecule has 0 amide bonds. The summed E-state index contributed by atoms with van der Waals surface area (Å²) in [5.41, 5.74) is 4.55. The summed E-state index contributed by atoms with van der Waals surface area (Å²) < 4.78 is 0. The molecule has 0 radical (unpaired) electrons. The van der Waals surface area contributed by atoms with Gasteiger partial charge in [0.25, 0.3) is 0 Å². The molecule has 1 unspecified atom stereocenters. The molecule has 0 aromatic heterocycles. The van der Waals surface area contributed by atoms with Gasteiger partial charge in [0.05, 0.1) is 5.57 Å². The van der Waals surface area contributed by atoms with Gasteiger partial charge in [0.2, 0.25) is 0 Å². The maximum absolute atomic E-state index is 2.37. The van der Waals surface area contributed by atoms with Crippen molar-refractivity contribution in [3.05, 3.63) is 41.4 Å². The van der Waals surface area contributed by atoms with Crippen LogP contribution in [0.4, 0.5) is 0 Å². The van der Waals surface area contributed by atoms with Gasteiger partial charge < -0.3 is 0 Å². The zero-order valence-electron chi connectivity index (χ0n) is 9.22. The molecule has 0 saturated heterocycles. The Kier molecular flexibility index (Phi) is 2.81. The lowest BCUT2D eigenvalue weighted by Gasteiger charge is -2.20. The van der Waals surface area contributed by atoms with E-state index >= 15 is 0 Å². The molecule has 2 aliphatic carbocycles. The van der Waals surface area contributed by atoms with Crippen LogP contribution in [0.25, 0.3) is 0 Å². The molecule has 1 fully saturated rings. The molecule has 0 N–H and O–H groups in total. The summed E-state index contributed by atoms with van der Waals surface area (Å²) in [6.45, 7) is 4.55. The average Bonchev–Trinajstić information content (AvgIpc) is 2.18. The summed E-state index contributed by atoms with van der Waals surface area (Å²) in [5.74, 6) is 0.797. The van der Waals surface area contributed by atoms with Crippen molar-refractivity contribution in [3.8, 4) is 0 Å². The van der Waals surface area contributed by atoms with Gasteiger partial charge in [-0.25, -0.2) is 0 Å². The standard InChI is InChI=1S/C14H19/c1-11-6-5-8-13(10-11)14-9-4-3-7-12(14)2/h5-6,8,10,12H,3-4,7,9H2,1-2H3/q+1/b14-13+. The number of hydrogen-bond donors (Lipinski definition) is 0. The van der Waals surface area contributed by atoms with Crippen molar-refractivity contribution in [3.63, 3.8) is 0 Å². The molecule has 0 spiro atoms. The van der Waals surface area contributed by atoms with Gasteiger partial charge in [0, 0.05) is 48.1 Å². The highest BCUT2D eigenvalue weighted by atomic mass is 14.2. The first kappa shape index (κ1) is 9.64. The molecule has 0 nitrogen and oxygen atoms in total. The quantitative estimate of drug-likeness (QED) is 0.498. The van der Waals surface area contributed by atoms with E-state index in [1.54, 1.807) is 5.57 Å². The molecule has 0 heterocycles. The molecule has 2 rings (SSSR count). The summed E-state index contributed by atoms with van der Waals surface area (Å²) in [5, 5.41) is 0. The molecule has 0 aromatic carbocycles. The highest BCUT2D eigenvalue weighted by Gasteiger charge is 2.22. The summed E-state index contributed by atoms with van der Waals surface area (Å²) in [7, 11) is 0. The van der Waals surface area contributed by atoms with E-state index in [2.05, 4.69) is 38.5 Å². The van der Waals surface area contributed by atoms with E-state index in [0.29, 0.717) is 0 Å². The van der Waals surface area contributed by atoms with Crippen LogP contribution in [0.15, 0.2) is 34.9 Å². The van der Waals surface area contributed by atoms with Gasteiger partial charge in [0.15, 0.2) is 0 Å². The minimum atomic E-state index is 0.797. The summed E-state index contributed by atoms with van der Waals surface area (Å²) in [4.78, 5) is 0. The normalized spacial score (nSPS) is 32.4. The van der Waals surface area contributed by atoms with E-state index in [9.17, 15) is 0 Å². The average molecular weight is 187 g/mol. The fourth-order valence-electron chi connectivity index (χ4n) is 2.46. The fraction of sp³-hybridized carbons (Fsp3) is 0.500. The molecule has 74 valence electrons. The van der Waals surface area contributed by atoms with Crippen molar-refractivity contribution >= 4 is 0 Å². The van der Waals surface area contributed by atoms with Gasteiger partial charge in [-0.3, -0.25) is 0 Å². The van der Waals surface area contributed by atoms with Crippen LogP contribution in [0.3, 0.4) is 0 Å². The number of allylic oxidation sites excluding steroid dienone is 6. The van der Waals surface area contributed by atoms with E-state index in [0.717, 1.165) is 5.92 Å². The largest absolute Gasteiger partial charge is 0.0953 e. The van der Waals surface area contributed by atoms with Crippen LogP contribution >= 0.6 is 0 Å². The van der Waals surface area contributed by atoms with E-state index < -0.39 is 0 Å². The first-order chi connectivity index (χ1) is 6.77. The highest BCUT2D eigenvalue weighted by Crippen LogP contribution is 2.33. The Hall–Kier alpha value is -0.910. The maximum Gasteiger partial charge on any atom is 0.0953 e. The van der Waals surface area contributed by atoms with E-state index in [1.165, 1.54) is 36.8 Å². The van der Waals surface area contributed by atoms with Crippen LogP contribution in [0.5, 0.6) is 0 Å². The van der Waals surface area contributed by atoms with Crippen LogP contribution in [0.1, 0.15) is 39.5 Å². The molecule has 0 bridgehead atoms. The second-order valence-corrected chi connectivity index (χ2v) is 4.54. The first-order valence-corrected chi connectivity index (χ1v) is 5.70. The molecular weight excluding hydrogens is 168 g/mol. The summed E-state index contributed by atoms with van der Waals surface area (Å²) in [6.07, 6.45) is 14.4. The van der Waals surface area contributed by atoms with Gasteiger partial charge in [0.1, 0.15) is 0 Å². The van der Waals surface area contributed by atoms with E-state index in [4.69, 9.17) is 0 Å². The SMILES string of the molecule is CC1=C/C(=C2\CCCCC2C)[CH+]C=C1. The zero-order valence-corrected chi connectivity index (χ0v) is 9.22. The van der Waals surface area contributed by atoms with Gasteiger partial charge in [-0.15, -0.1) is 0 Å². The predicted octanol–water partition coefficient (Wildman–Crippen LogP) is 4.21. The third-order valence-electron chi connectivity index (χ3n) is 3.32. The second kappa shape index (κ2) is 4.08. The highest BCUT2D eigenvalue weighted by molar-refractivity contribution is 5.46. The van der Waals surface area contributed by atoms with E-state index in [1.807, 2.05) is 0 Å². The minimum Gasteiger partial charge on any atom is -0.0508 e. The Morgan fingerprint density at radius 1 is 1.36 bits per heavy atom. The summed E-state index contributed by atoms with van der Waals surface area (Å²) in [6, 6.07) is 0. The molecule has 14 heavy (non-hydrogen) atoms. The first-order valence-electron chi connectivity index (χ1n) is 5.70. The second-order valence-electron chi connectivity index (χ2n) is 4.54. The van der Waals surface area contributed by atoms with Crippen molar-refractivity contribution in [2.75, 3.05) is 0 Å². The van der Waals surface area contributed by atoms with Crippen molar-refractivity contribution in [1.82, 2.24) is 0 Å². The minimum absolute atomic E-state index is 0.797. The third-order valence-corrected chi connectivity index (χ3v) is 3.32. The topological polar surface area (TPSA) is 0 Å². The van der Waals surface area contributed by atoms with Gasteiger partial charge in [-0.05, 0) is 26.7 Å². The summed E-state index contributed by atoms with van der Waals surface area (Å²) >= 11 is 0. The van der Waals surface area contributed by atoms with E-state index in [-0.39, 0.29) is 0 Å². The lowest BCUT2D eigenvalue weighted by molar-refractivity contribution is 0.481. The van der Waals surface area contributed by atoms with Crippen molar-refractivity contribution in [2.24, 2.45) is 5.92 Å². The van der Waals surface area contributed by atoms with Crippen LogP contribution in [0, 0.1) is 12.3 Å². The Balaban J connectivity index is 2.25. The number of hydrogen-bond acceptors (Lipinski definition) is 0. The Bertz CT molecular complexity index is 302. The Morgan fingerprint density at radius 2 is 2.21 bits per heavy atom. The lowest BCUT2D eigenvalue weighted by Crippen LogP contribution is -2.09. The maximum atomic E-state index is 2.37. The number of rotatable bonds is 0. The smallest absolute Gasteiger partial charge is 0.0508 e. The van der Waals surface area contributed by atoms with Crippen LogP contribution in [-0.4, -0.2) is 0 Å². The predicted molar refractivity (Wildman–Crippen MR) is 61.9 cm³/mol. The molecule has 0 aromatic rings. The Labute approximate surface area is 87.4 Å². The fourth-order valence-corrected chi connectivity index (χ4v) is 2.46. The van der Waals surface area contributed by atoms with Gasteiger partial charge >= 0.3 is 0 Å². The van der Waals surface area contributed by atoms with Crippen LogP contribution in [0.2, 0.25) is 0 Å². The van der Waals surface area contributed by atoms with Crippen LogP contribution < -0.4 is 0 Å². The molecule has 2 aliphatic rings.